The fourth-order valence-electron chi connectivity index (χ4n) is 2.89. The summed E-state index contributed by atoms with van der Waals surface area (Å²) in [5.74, 6) is 1.92. The lowest BCUT2D eigenvalue weighted by Gasteiger charge is -2.06. The lowest BCUT2D eigenvalue weighted by molar-refractivity contribution is 0.399. The predicted octanol–water partition coefficient (Wildman–Crippen LogP) is 3.83. The van der Waals surface area contributed by atoms with Gasteiger partial charge < -0.3 is 19.4 Å². The molecule has 2 heterocycles. The average Bonchev–Trinajstić information content (AvgIpc) is 3.34. The van der Waals surface area contributed by atoms with Crippen molar-refractivity contribution in [1.82, 2.24) is 15.4 Å². The summed E-state index contributed by atoms with van der Waals surface area (Å²) in [5.41, 5.74) is 9.60. The maximum Gasteiger partial charge on any atom is 0.254 e. The minimum absolute atomic E-state index is 0.340. The van der Waals surface area contributed by atoms with E-state index in [0.717, 1.165) is 11.1 Å². The third-order valence-electron chi connectivity index (χ3n) is 4.28. The summed E-state index contributed by atoms with van der Waals surface area (Å²) in [4.78, 5) is 0. The molecule has 2 aromatic carbocycles. The fourth-order valence-corrected chi connectivity index (χ4v) is 2.89. The van der Waals surface area contributed by atoms with Crippen LogP contribution in [-0.2, 0) is 6.54 Å². The van der Waals surface area contributed by atoms with E-state index < -0.39 is 0 Å². The molecule has 0 unspecified atom stereocenters. The number of aryl methyl sites for hydroxylation is 1. The van der Waals surface area contributed by atoms with Crippen molar-refractivity contribution in [3.63, 3.8) is 0 Å². The van der Waals surface area contributed by atoms with Gasteiger partial charge >= 0.3 is 0 Å². The van der Waals surface area contributed by atoms with Crippen LogP contribution in [0.3, 0.4) is 0 Å². The molecular formula is C20H18N4O3. The van der Waals surface area contributed by atoms with E-state index in [1.54, 1.807) is 7.11 Å². The third kappa shape index (κ3) is 3.09. The second-order valence-electron chi connectivity index (χ2n) is 5.98. The Hall–Kier alpha value is -3.45. The van der Waals surface area contributed by atoms with Gasteiger partial charge in [-0.15, -0.1) is 10.2 Å². The first kappa shape index (κ1) is 17.0. The van der Waals surface area contributed by atoms with Crippen molar-refractivity contribution < 1.29 is 13.7 Å². The van der Waals surface area contributed by atoms with Gasteiger partial charge in [0.05, 0.1) is 12.7 Å². The van der Waals surface area contributed by atoms with Crippen LogP contribution in [0, 0.1) is 6.92 Å². The van der Waals surface area contributed by atoms with E-state index >= 15 is 0 Å². The van der Waals surface area contributed by atoms with Crippen molar-refractivity contribution in [2.45, 2.75) is 13.5 Å². The zero-order chi connectivity index (χ0) is 18.8. The number of aromatic nitrogens is 3. The summed E-state index contributed by atoms with van der Waals surface area (Å²) in [5, 5.41) is 12.5. The van der Waals surface area contributed by atoms with Gasteiger partial charge in [-0.3, -0.25) is 0 Å². The summed E-state index contributed by atoms with van der Waals surface area (Å²) < 4.78 is 16.8. The van der Waals surface area contributed by atoms with E-state index in [4.69, 9.17) is 19.4 Å². The standard InChI is InChI=1S/C20H18N4O3/c1-12-17(18(24-27-12)14-6-4-3-5-7-14)20-23-22-19(26-20)15-9-8-13(11-21)10-16(15)25-2/h3-10H,11,21H2,1-2H3. The van der Waals surface area contributed by atoms with Crippen molar-refractivity contribution in [1.29, 1.82) is 0 Å². The number of methoxy groups -OCH3 is 1. The Morgan fingerprint density at radius 3 is 2.56 bits per heavy atom. The van der Waals surface area contributed by atoms with Crippen LogP contribution in [0.1, 0.15) is 11.3 Å². The number of nitrogens with zero attached hydrogens (tertiary/aromatic N) is 3. The SMILES string of the molecule is COc1cc(CN)ccc1-c1nnc(-c2c(-c3ccccc3)noc2C)o1. The zero-order valence-electron chi connectivity index (χ0n) is 15.0. The van der Waals surface area contributed by atoms with Gasteiger partial charge in [0, 0.05) is 12.1 Å². The van der Waals surface area contributed by atoms with Crippen LogP contribution in [0.5, 0.6) is 5.75 Å². The smallest absolute Gasteiger partial charge is 0.254 e. The first-order chi connectivity index (χ1) is 13.2. The van der Waals surface area contributed by atoms with Crippen LogP contribution in [0.4, 0.5) is 0 Å². The number of nitrogens with two attached hydrogens (primary N) is 1. The number of ether oxygens (including phenoxy) is 1. The molecule has 0 aliphatic heterocycles. The van der Waals surface area contributed by atoms with E-state index in [1.165, 1.54) is 0 Å². The Balaban J connectivity index is 1.78. The molecule has 7 heteroatoms. The number of hydrogen-bond acceptors (Lipinski definition) is 7. The average molecular weight is 362 g/mol. The first-order valence-electron chi connectivity index (χ1n) is 8.44. The van der Waals surface area contributed by atoms with Crippen LogP contribution in [0.2, 0.25) is 0 Å². The Labute approximate surface area is 155 Å². The zero-order valence-corrected chi connectivity index (χ0v) is 15.0. The lowest BCUT2D eigenvalue weighted by atomic mass is 10.1. The van der Waals surface area contributed by atoms with E-state index in [0.29, 0.717) is 46.7 Å². The van der Waals surface area contributed by atoms with Gasteiger partial charge in [-0.25, -0.2) is 0 Å². The fraction of sp³-hybridized carbons (Fsp3) is 0.150. The Morgan fingerprint density at radius 2 is 1.81 bits per heavy atom. The van der Waals surface area contributed by atoms with Gasteiger partial charge in [0.15, 0.2) is 0 Å². The summed E-state index contributed by atoms with van der Waals surface area (Å²) in [7, 11) is 1.59. The monoisotopic (exact) mass is 362 g/mol. The minimum atomic E-state index is 0.340. The van der Waals surface area contributed by atoms with Gasteiger partial charge in [-0.1, -0.05) is 41.6 Å². The molecule has 0 bridgehead atoms. The second kappa shape index (κ2) is 7.05. The number of hydrogen-bond donors (Lipinski definition) is 1. The lowest BCUT2D eigenvalue weighted by Crippen LogP contribution is -1.97. The summed E-state index contributed by atoms with van der Waals surface area (Å²) in [6.07, 6.45) is 0. The van der Waals surface area contributed by atoms with Gasteiger partial charge in [0.25, 0.3) is 11.8 Å². The Bertz CT molecular complexity index is 1070. The minimum Gasteiger partial charge on any atom is -0.496 e. The molecule has 0 fully saturated rings. The Morgan fingerprint density at radius 1 is 1.04 bits per heavy atom. The molecule has 2 aromatic heterocycles. The first-order valence-corrected chi connectivity index (χ1v) is 8.44. The molecule has 0 atom stereocenters. The maximum absolute atomic E-state index is 5.94. The van der Waals surface area contributed by atoms with Crippen molar-refractivity contribution in [2.24, 2.45) is 5.73 Å². The Kier molecular flexibility index (Phi) is 4.43. The van der Waals surface area contributed by atoms with Gasteiger partial charge in [0.1, 0.15) is 22.8 Å². The second-order valence-corrected chi connectivity index (χ2v) is 5.98. The molecular weight excluding hydrogens is 344 g/mol. The van der Waals surface area contributed by atoms with Crippen molar-refractivity contribution in [3.05, 3.63) is 59.9 Å². The molecule has 0 aliphatic carbocycles. The summed E-state index contributed by atoms with van der Waals surface area (Å²) in [6.45, 7) is 2.24. The van der Waals surface area contributed by atoms with Crippen LogP contribution in [0.15, 0.2) is 57.5 Å². The molecule has 4 aromatic rings. The molecule has 2 N–H and O–H groups in total. The highest BCUT2D eigenvalue weighted by Crippen LogP contribution is 2.36. The van der Waals surface area contributed by atoms with E-state index in [-0.39, 0.29) is 0 Å². The van der Waals surface area contributed by atoms with E-state index in [2.05, 4.69) is 15.4 Å². The molecule has 7 nitrogen and oxygen atoms in total. The molecule has 0 aliphatic rings. The van der Waals surface area contributed by atoms with E-state index in [1.807, 2.05) is 55.5 Å². The van der Waals surface area contributed by atoms with Crippen molar-refractivity contribution in [3.8, 4) is 39.9 Å². The number of rotatable bonds is 5. The molecule has 0 saturated heterocycles. The summed E-state index contributed by atoms with van der Waals surface area (Å²) in [6, 6.07) is 15.3. The van der Waals surface area contributed by atoms with Crippen LogP contribution >= 0.6 is 0 Å². The highest BCUT2D eigenvalue weighted by molar-refractivity contribution is 5.78. The van der Waals surface area contributed by atoms with Crippen molar-refractivity contribution >= 4 is 0 Å². The van der Waals surface area contributed by atoms with E-state index in [9.17, 15) is 0 Å². The molecule has 0 saturated carbocycles. The van der Waals surface area contributed by atoms with Gasteiger partial charge in [-0.05, 0) is 24.6 Å². The quantitative estimate of drug-likeness (QED) is 0.576. The van der Waals surface area contributed by atoms with Crippen molar-refractivity contribution in [2.75, 3.05) is 7.11 Å². The largest absolute Gasteiger partial charge is 0.496 e. The van der Waals surface area contributed by atoms with Crippen LogP contribution in [-0.4, -0.2) is 22.5 Å². The molecule has 0 radical (unpaired) electrons. The number of benzene rings is 2. The summed E-state index contributed by atoms with van der Waals surface area (Å²) >= 11 is 0. The molecule has 0 amide bonds. The van der Waals surface area contributed by atoms with Gasteiger partial charge in [-0.2, -0.15) is 0 Å². The maximum atomic E-state index is 5.94. The van der Waals surface area contributed by atoms with Crippen LogP contribution < -0.4 is 10.5 Å². The molecule has 0 spiro atoms. The normalized spacial score (nSPS) is 10.9. The molecule has 27 heavy (non-hydrogen) atoms. The topological polar surface area (TPSA) is 100 Å². The van der Waals surface area contributed by atoms with Gasteiger partial charge in [0.2, 0.25) is 0 Å². The third-order valence-corrected chi connectivity index (χ3v) is 4.28. The van der Waals surface area contributed by atoms with Crippen LogP contribution in [0.25, 0.3) is 34.2 Å². The molecule has 4 rings (SSSR count). The molecule has 136 valence electrons. The highest BCUT2D eigenvalue weighted by atomic mass is 16.5. The predicted molar refractivity (Wildman–Crippen MR) is 99.8 cm³/mol. The highest BCUT2D eigenvalue weighted by Gasteiger charge is 2.23.